The summed E-state index contributed by atoms with van der Waals surface area (Å²) in [4.78, 5) is 11.1. The molecular formula is C22H36O3. The van der Waals surface area contributed by atoms with Gasteiger partial charge in [0.05, 0.1) is 13.2 Å². The van der Waals surface area contributed by atoms with Crippen molar-refractivity contribution in [1.29, 1.82) is 0 Å². The van der Waals surface area contributed by atoms with Crippen LogP contribution in [0.4, 0.5) is 0 Å². The van der Waals surface area contributed by atoms with Crippen LogP contribution in [0.25, 0.3) is 0 Å². The standard InChI is InChI=1S/C22H36O3/c1-3-4-5-6-7-8-9-14-19-15-10-11-16-20(19)21(23)17-12-13-18-22(24)25-2/h10-11,15-16,21,23H,3-9,12-14,17-18H2,1-2H3. The summed E-state index contributed by atoms with van der Waals surface area (Å²) in [6.07, 6.45) is 12.5. The number of aryl methyl sites for hydroxylation is 1. The quantitative estimate of drug-likeness (QED) is 0.344. The molecule has 0 saturated carbocycles. The van der Waals surface area contributed by atoms with Gasteiger partial charge < -0.3 is 9.84 Å². The number of aliphatic hydroxyl groups is 1. The van der Waals surface area contributed by atoms with Crippen LogP contribution in [-0.4, -0.2) is 18.2 Å². The van der Waals surface area contributed by atoms with E-state index in [0.717, 1.165) is 24.8 Å². The van der Waals surface area contributed by atoms with E-state index in [9.17, 15) is 9.90 Å². The predicted octanol–water partition coefficient (Wildman–Crippen LogP) is 5.75. The van der Waals surface area contributed by atoms with Gasteiger partial charge in [0.25, 0.3) is 0 Å². The summed E-state index contributed by atoms with van der Waals surface area (Å²) < 4.78 is 4.65. The van der Waals surface area contributed by atoms with E-state index in [0.29, 0.717) is 12.8 Å². The van der Waals surface area contributed by atoms with Crippen molar-refractivity contribution in [3.63, 3.8) is 0 Å². The molecule has 0 spiro atoms. The zero-order valence-corrected chi connectivity index (χ0v) is 16.1. The molecule has 3 nitrogen and oxygen atoms in total. The number of benzene rings is 1. The Labute approximate surface area is 153 Å². The SMILES string of the molecule is CCCCCCCCCc1ccccc1C(O)CCCCC(=O)OC. The Bertz CT molecular complexity index is 470. The molecule has 1 N–H and O–H groups in total. The van der Waals surface area contributed by atoms with Crippen LogP contribution >= 0.6 is 0 Å². The van der Waals surface area contributed by atoms with E-state index < -0.39 is 6.10 Å². The third-order valence-corrected chi connectivity index (χ3v) is 4.80. The normalized spacial score (nSPS) is 12.1. The van der Waals surface area contributed by atoms with Crippen LogP contribution in [0.2, 0.25) is 0 Å². The van der Waals surface area contributed by atoms with Crippen LogP contribution < -0.4 is 0 Å². The second-order valence-corrected chi connectivity index (χ2v) is 6.91. The first-order valence-corrected chi connectivity index (χ1v) is 10.0. The van der Waals surface area contributed by atoms with Gasteiger partial charge in [-0.25, -0.2) is 0 Å². The van der Waals surface area contributed by atoms with E-state index in [1.807, 2.05) is 12.1 Å². The zero-order valence-electron chi connectivity index (χ0n) is 16.1. The fourth-order valence-electron chi connectivity index (χ4n) is 3.22. The molecule has 0 radical (unpaired) electrons. The molecule has 3 heteroatoms. The lowest BCUT2D eigenvalue weighted by molar-refractivity contribution is -0.140. The molecule has 0 aliphatic carbocycles. The zero-order chi connectivity index (χ0) is 18.3. The Morgan fingerprint density at radius 2 is 1.68 bits per heavy atom. The lowest BCUT2D eigenvalue weighted by Crippen LogP contribution is -2.04. The van der Waals surface area contributed by atoms with Gasteiger partial charge in [-0.15, -0.1) is 0 Å². The smallest absolute Gasteiger partial charge is 0.305 e. The van der Waals surface area contributed by atoms with Crippen molar-refractivity contribution in [2.24, 2.45) is 0 Å². The lowest BCUT2D eigenvalue weighted by Gasteiger charge is -2.15. The number of esters is 1. The first-order chi connectivity index (χ1) is 12.2. The van der Waals surface area contributed by atoms with Crippen LogP contribution in [0, 0.1) is 0 Å². The van der Waals surface area contributed by atoms with Gasteiger partial charge in [0.15, 0.2) is 0 Å². The minimum absolute atomic E-state index is 0.172. The molecule has 0 heterocycles. The second-order valence-electron chi connectivity index (χ2n) is 6.91. The Morgan fingerprint density at radius 3 is 2.40 bits per heavy atom. The van der Waals surface area contributed by atoms with Crippen LogP contribution in [0.5, 0.6) is 0 Å². The summed E-state index contributed by atoms with van der Waals surface area (Å²) in [5, 5.41) is 10.5. The van der Waals surface area contributed by atoms with Gasteiger partial charge in [-0.3, -0.25) is 4.79 Å². The fraction of sp³-hybridized carbons (Fsp3) is 0.682. The van der Waals surface area contributed by atoms with Crippen LogP contribution in [-0.2, 0) is 16.0 Å². The minimum atomic E-state index is -0.432. The molecule has 0 fully saturated rings. The van der Waals surface area contributed by atoms with Crippen LogP contribution in [0.1, 0.15) is 94.8 Å². The van der Waals surface area contributed by atoms with Gasteiger partial charge in [0, 0.05) is 6.42 Å². The van der Waals surface area contributed by atoms with E-state index in [4.69, 9.17) is 0 Å². The molecule has 0 aromatic heterocycles. The molecule has 1 aromatic carbocycles. The van der Waals surface area contributed by atoms with Crippen LogP contribution in [0.15, 0.2) is 24.3 Å². The highest BCUT2D eigenvalue weighted by Crippen LogP contribution is 2.25. The number of methoxy groups -OCH3 is 1. The summed E-state index contributed by atoms with van der Waals surface area (Å²) in [6.45, 7) is 2.25. The molecule has 1 rings (SSSR count). The van der Waals surface area contributed by atoms with Crippen molar-refractivity contribution in [2.75, 3.05) is 7.11 Å². The van der Waals surface area contributed by atoms with Crippen molar-refractivity contribution >= 4 is 5.97 Å². The summed E-state index contributed by atoms with van der Waals surface area (Å²) in [5.74, 6) is -0.172. The average Bonchev–Trinajstić information content (AvgIpc) is 2.64. The summed E-state index contributed by atoms with van der Waals surface area (Å²) >= 11 is 0. The molecule has 1 atom stereocenters. The molecule has 0 bridgehead atoms. The Balaban J connectivity index is 2.33. The lowest BCUT2D eigenvalue weighted by atomic mass is 9.94. The van der Waals surface area contributed by atoms with Gasteiger partial charge in [-0.2, -0.15) is 0 Å². The van der Waals surface area contributed by atoms with E-state index in [2.05, 4.69) is 23.8 Å². The topological polar surface area (TPSA) is 46.5 Å². The van der Waals surface area contributed by atoms with Crippen LogP contribution in [0.3, 0.4) is 0 Å². The molecule has 1 aromatic rings. The van der Waals surface area contributed by atoms with E-state index in [1.165, 1.54) is 57.6 Å². The van der Waals surface area contributed by atoms with Gasteiger partial charge in [0.1, 0.15) is 0 Å². The predicted molar refractivity (Wildman–Crippen MR) is 104 cm³/mol. The number of carbonyl (C=O) groups excluding carboxylic acids is 1. The number of aliphatic hydroxyl groups excluding tert-OH is 1. The van der Waals surface area contributed by atoms with E-state index in [-0.39, 0.29) is 5.97 Å². The maximum absolute atomic E-state index is 11.1. The highest BCUT2D eigenvalue weighted by atomic mass is 16.5. The molecule has 0 saturated heterocycles. The molecule has 0 aliphatic rings. The Hall–Kier alpha value is -1.35. The number of ether oxygens (including phenoxy) is 1. The molecule has 25 heavy (non-hydrogen) atoms. The number of unbranched alkanes of at least 4 members (excludes halogenated alkanes) is 7. The third kappa shape index (κ3) is 9.64. The number of hydrogen-bond donors (Lipinski definition) is 1. The maximum Gasteiger partial charge on any atom is 0.305 e. The molecular weight excluding hydrogens is 312 g/mol. The first-order valence-electron chi connectivity index (χ1n) is 10.0. The highest BCUT2D eigenvalue weighted by molar-refractivity contribution is 5.68. The fourth-order valence-corrected chi connectivity index (χ4v) is 3.22. The minimum Gasteiger partial charge on any atom is -0.469 e. The van der Waals surface area contributed by atoms with Crippen molar-refractivity contribution in [2.45, 2.75) is 90.1 Å². The van der Waals surface area contributed by atoms with Gasteiger partial charge in [0.2, 0.25) is 0 Å². The Kier molecular flexibility index (Phi) is 12.0. The van der Waals surface area contributed by atoms with Crippen molar-refractivity contribution in [3.8, 4) is 0 Å². The summed E-state index contributed by atoms with van der Waals surface area (Å²) in [7, 11) is 1.41. The van der Waals surface area contributed by atoms with Gasteiger partial charge in [-0.1, -0.05) is 69.7 Å². The maximum atomic E-state index is 11.1. The largest absolute Gasteiger partial charge is 0.469 e. The van der Waals surface area contributed by atoms with Gasteiger partial charge >= 0.3 is 5.97 Å². The van der Waals surface area contributed by atoms with E-state index in [1.54, 1.807) is 0 Å². The summed E-state index contributed by atoms with van der Waals surface area (Å²) in [6, 6.07) is 8.25. The third-order valence-electron chi connectivity index (χ3n) is 4.80. The van der Waals surface area contributed by atoms with E-state index >= 15 is 0 Å². The molecule has 0 amide bonds. The molecule has 1 unspecified atom stereocenters. The second kappa shape index (κ2) is 13.9. The first kappa shape index (κ1) is 21.7. The van der Waals surface area contributed by atoms with Gasteiger partial charge in [-0.05, 0) is 43.2 Å². The summed E-state index contributed by atoms with van der Waals surface area (Å²) in [5.41, 5.74) is 2.34. The van der Waals surface area contributed by atoms with Crippen molar-refractivity contribution in [3.05, 3.63) is 35.4 Å². The van der Waals surface area contributed by atoms with Crippen molar-refractivity contribution in [1.82, 2.24) is 0 Å². The number of rotatable bonds is 14. The molecule has 0 aliphatic heterocycles. The molecule has 142 valence electrons. The number of carbonyl (C=O) groups is 1. The average molecular weight is 349 g/mol. The highest BCUT2D eigenvalue weighted by Gasteiger charge is 2.12. The Morgan fingerprint density at radius 1 is 1.00 bits per heavy atom. The van der Waals surface area contributed by atoms with Crippen molar-refractivity contribution < 1.29 is 14.6 Å². The monoisotopic (exact) mass is 348 g/mol. The number of hydrogen-bond acceptors (Lipinski definition) is 3.